The van der Waals surface area contributed by atoms with Crippen molar-refractivity contribution in [3.05, 3.63) is 4.88 Å². The summed E-state index contributed by atoms with van der Waals surface area (Å²) >= 11 is 1.35. The zero-order valence-corrected chi connectivity index (χ0v) is 14.2. The van der Waals surface area contributed by atoms with Gasteiger partial charge in [0.2, 0.25) is 0 Å². The Morgan fingerprint density at radius 2 is 2.05 bits per heavy atom. The topological polar surface area (TPSA) is 71.2 Å². The van der Waals surface area contributed by atoms with Crippen LogP contribution in [0.15, 0.2) is 0 Å². The molecule has 1 saturated carbocycles. The third-order valence-electron chi connectivity index (χ3n) is 4.22. The maximum atomic E-state index is 12.5. The van der Waals surface area contributed by atoms with Gasteiger partial charge in [0.25, 0.3) is 5.91 Å². The van der Waals surface area contributed by atoms with E-state index >= 15 is 0 Å². The number of thiazole rings is 1. The Morgan fingerprint density at radius 3 is 2.62 bits per heavy atom. The van der Waals surface area contributed by atoms with Gasteiger partial charge in [0.1, 0.15) is 10.7 Å². The molecule has 3 N–H and O–H groups in total. The number of nitrogen functional groups attached to an aromatic ring is 1. The van der Waals surface area contributed by atoms with E-state index in [0.29, 0.717) is 22.5 Å². The SMILES string of the molecule is CC(C)C1CCCCC1NC(=O)c1sc(N(C)C)nc1N. The molecule has 1 heterocycles. The number of anilines is 2. The number of nitrogens with two attached hydrogens (primary N) is 1. The van der Waals surface area contributed by atoms with E-state index in [0.717, 1.165) is 11.6 Å². The van der Waals surface area contributed by atoms with E-state index in [1.165, 1.54) is 30.6 Å². The van der Waals surface area contributed by atoms with E-state index in [-0.39, 0.29) is 11.9 Å². The summed E-state index contributed by atoms with van der Waals surface area (Å²) in [6.07, 6.45) is 4.72. The number of rotatable bonds is 4. The average molecular weight is 310 g/mol. The first-order valence-corrected chi connectivity index (χ1v) is 8.46. The minimum Gasteiger partial charge on any atom is -0.382 e. The maximum Gasteiger partial charge on any atom is 0.265 e. The molecule has 0 radical (unpaired) electrons. The molecular formula is C15H26N4OS. The highest BCUT2D eigenvalue weighted by Crippen LogP contribution is 2.31. The number of carbonyl (C=O) groups is 1. The van der Waals surface area contributed by atoms with Gasteiger partial charge in [-0.15, -0.1) is 0 Å². The van der Waals surface area contributed by atoms with Crippen LogP contribution in [0.25, 0.3) is 0 Å². The fourth-order valence-electron chi connectivity index (χ4n) is 3.04. The first-order valence-electron chi connectivity index (χ1n) is 7.64. The minimum atomic E-state index is -0.0735. The van der Waals surface area contributed by atoms with Gasteiger partial charge in [0, 0.05) is 20.1 Å². The molecule has 0 aliphatic heterocycles. The number of hydrogen-bond donors (Lipinski definition) is 2. The lowest BCUT2D eigenvalue weighted by Gasteiger charge is -2.34. The number of hydrogen-bond acceptors (Lipinski definition) is 5. The van der Waals surface area contributed by atoms with Gasteiger partial charge >= 0.3 is 0 Å². The Balaban J connectivity index is 2.09. The fraction of sp³-hybridized carbons (Fsp3) is 0.733. The third kappa shape index (κ3) is 3.67. The predicted molar refractivity (Wildman–Crippen MR) is 88.9 cm³/mol. The first-order chi connectivity index (χ1) is 9.90. The Bertz CT molecular complexity index is 498. The molecule has 0 aromatic carbocycles. The van der Waals surface area contributed by atoms with Crippen LogP contribution in [0, 0.1) is 11.8 Å². The van der Waals surface area contributed by atoms with Crippen LogP contribution in [0.4, 0.5) is 10.9 Å². The van der Waals surface area contributed by atoms with Crippen LogP contribution >= 0.6 is 11.3 Å². The van der Waals surface area contributed by atoms with Crippen LogP contribution in [0.3, 0.4) is 0 Å². The summed E-state index contributed by atoms with van der Waals surface area (Å²) in [5, 5.41) is 3.96. The molecule has 0 bridgehead atoms. The summed E-state index contributed by atoms with van der Waals surface area (Å²) in [6.45, 7) is 4.47. The summed E-state index contributed by atoms with van der Waals surface area (Å²) in [5.74, 6) is 1.41. The highest BCUT2D eigenvalue weighted by molar-refractivity contribution is 7.18. The van der Waals surface area contributed by atoms with E-state index in [9.17, 15) is 4.79 Å². The lowest BCUT2D eigenvalue weighted by atomic mass is 9.78. The Kier molecular flexibility index (Phi) is 5.08. The minimum absolute atomic E-state index is 0.0735. The average Bonchev–Trinajstić information content (AvgIpc) is 2.81. The Labute approximate surface area is 130 Å². The van der Waals surface area contributed by atoms with Gasteiger partial charge in [-0.25, -0.2) is 4.98 Å². The molecule has 1 aromatic rings. The number of carbonyl (C=O) groups excluding carboxylic acids is 1. The van der Waals surface area contributed by atoms with Gasteiger partial charge in [-0.05, 0) is 24.7 Å². The van der Waals surface area contributed by atoms with Crippen molar-refractivity contribution in [2.75, 3.05) is 24.7 Å². The van der Waals surface area contributed by atoms with Crippen molar-refractivity contribution in [3.63, 3.8) is 0 Å². The maximum absolute atomic E-state index is 12.5. The highest BCUT2D eigenvalue weighted by Gasteiger charge is 2.30. The molecule has 0 spiro atoms. The van der Waals surface area contributed by atoms with E-state index in [2.05, 4.69) is 24.1 Å². The first kappa shape index (κ1) is 16.1. The molecule has 0 saturated heterocycles. The summed E-state index contributed by atoms with van der Waals surface area (Å²) in [5.41, 5.74) is 5.89. The fourth-order valence-corrected chi connectivity index (χ4v) is 3.86. The van der Waals surface area contributed by atoms with E-state index in [4.69, 9.17) is 5.73 Å². The monoisotopic (exact) mass is 310 g/mol. The molecule has 2 unspecified atom stereocenters. The van der Waals surface area contributed by atoms with Crippen LogP contribution in [0.1, 0.15) is 49.2 Å². The standard InChI is InChI=1S/C15H26N4OS/c1-9(2)10-7-5-6-8-11(10)17-14(20)12-13(16)18-15(21-12)19(3)4/h9-11H,5-8,16H2,1-4H3,(H,17,20). The molecule has 118 valence electrons. The largest absolute Gasteiger partial charge is 0.382 e. The molecule has 2 atom stereocenters. The highest BCUT2D eigenvalue weighted by atomic mass is 32.1. The predicted octanol–water partition coefficient (Wildman–Crippen LogP) is 2.74. The zero-order valence-electron chi connectivity index (χ0n) is 13.3. The number of aromatic nitrogens is 1. The van der Waals surface area contributed by atoms with Gasteiger partial charge in [-0.3, -0.25) is 4.79 Å². The second-order valence-electron chi connectivity index (χ2n) is 6.38. The summed E-state index contributed by atoms with van der Waals surface area (Å²) in [4.78, 5) is 19.1. The van der Waals surface area contributed by atoms with Crippen molar-refractivity contribution >= 4 is 28.2 Å². The Hall–Kier alpha value is -1.30. The molecule has 2 rings (SSSR count). The summed E-state index contributed by atoms with van der Waals surface area (Å²) < 4.78 is 0. The van der Waals surface area contributed by atoms with Crippen molar-refractivity contribution in [1.29, 1.82) is 0 Å². The summed E-state index contributed by atoms with van der Waals surface area (Å²) in [6, 6.07) is 0.260. The van der Waals surface area contributed by atoms with Crippen molar-refractivity contribution < 1.29 is 4.79 Å². The number of nitrogens with one attached hydrogen (secondary N) is 1. The van der Waals surface area contributed by atoms with Gasteiger partial charge in [0.15, 0.2) is 5.13 Å². The van der Waals surface area contributed by atoms with Crippen LogP contribution in [0.5, 0.6) is 0 Å². The van der Waals surface area contributed by atoms with Crippen LogP contribution in [0.2, 0.25) is 0 Å². The van der Waals surface area contributed by atoms with Crippen molar-refractivity contribution in [3.8, 4) is 0 Å². The van der Waals surface area contributed by atoms with Crippen molar-refractivity contribution in [2.24, 2.45) is 11.8 Å². The van der Waals surface area contributed by atoms with Gasteiger partial charge in [-0.2, -0.15) is 0 Å². The number of nitrogens with zero attached hydrogens (tertiary/aromatic N) is 2. The second kappa shape index (κ2) is 6.64. The van der Waals surface area contributed by atoms with Gasteiger partial charge < -0.3 is 16.0 Å². The summed E-state index contributed by atoms with van der Waals surface area (Å²) in [7, 11) is 3.80. The van der Waals surface area contributed by atoms with E-state index in [1.807, 2.05) is 19.0 Å². The lowest BCUT2D eigenvalue weighted by molar-refractivity contribution is 0.0894. The van der Waals surface area contributed by atoms with E-state index in [1.54, 1.807) is 0 Å². The molecule has 6 heteroatoms. The van der Waals surface area contributed by atoms with Gasteiger partial charge in [0.05, 0.1) is 0 Å². The van der Waals surface area contributed by atoms with Crippen molar-refractivity contribution in [2.45, 2.75) is 45.6 Å². The molecule has 21 heavy (non-hydrogen) atoms. The van der Waals surface area contributed by atoms with Crippen LogP contribution in [-0.4, -0.2) is 31.0 Å². The normalized spacial score (nSPS) is 22.3. The lowest BCUT2D eigenvalue weighted by Crippen LogP contribution is -2.43. The Morgan fingerprint density at radius 1 is 1.38 bits per heavy atom. The van der Waals surface area contributed by atoms with Crippen LogP contribution < -0.4 is 16.0 Å². The quantitative estimate of drug-likeness (QED) is 0.897. The smallest absolute Gasteiger partial charge is 0.265 e. The molecule has 1 aliphatic carbocycles. The molecule has 1 aliphatic rings. The third-order valence-corrected chi connectivity index (χ3v) is 5.46. The van der Waals surface area contributed by atoms with Crippen molar-refractivity contribution in [1.82, 2.24) is 10.3 Å². The zero-order chi connectivity index (χ0) is 15.6. The molecule has 1 amide bonds. The molecule has 5 nitrogen and oxygen atoms in total. The van der Waals surface area contributed by atoms with Crippen LogP contribution in [-0.2, 0) is 0 Å². The van der Waals surface area contributed by atoms with Gasteiger partial charge in [-0.1, -0.05) is 38.0 Å². The molecule has 1 aromatic heterocycles. The second-order valence-corrected chi connectivity index (χ2v) is 7.36. The van der Waals surface area contributed by atoms with E-state index < -0.39 is 0 Å². The molecule has 1 fully saturated rings. The molecular weight excluding hydrogens is 284 g/mol. The number of amides is 1.